The van der Waals surface area contributed by atoms with E-state index in [1.165, 1.54) is 0 Å². The molecule has 0 aromatic carbocycles. The van der Waals surface area contributed by atoms with E-state index in [9.17, 15) is 8.42 Å². The predicted octanol–water partition coefficient (Wildman–Crippen LogP) is 0.919. The predicted molar refractivity (Wildman–Crippen MR) is 49.0 cm³/mol. The lowest BCUT2D eigenvalue weighted by atomic mass is 10.0. The van der Waals surface area contributed by atoms with Crippen LogP contribution in [0.1, 0.15) is 26.7 Å². The Morgan fingerprint density at radius 1 is 1.23 bits per heavy atom. The van der Waals surface area contributed by atoms with E-state index in [0.29, 0.717) is 12.8 Å². The Kier molecular flexibility index (Phi) is 3.32. The average Bonchev–Trinajstić information content (AvgIpc) is 1.78. The van der Waals surface area contributed by atoms with Crippen LogP contribution in [0.3, 0.4) is 0 Å². The summed E-state index contributed by atoms with van der Waals surface area (Å²) < 4.78 is 32.1. The van der Waals surface area contributed by atoms with Crippen LogP contribution in [-0.2, 0) is 19.0 Å². The van der Waals surface area contributed by atoms with E-state index in [-0.39, 0.29) is 18.3 Å². The van der Waals surface area contributed by atoms with Crippen molar-refractivity contribution in [1.29, 1.82) is 0 Å². The summed E-state index contributed by atoms with van der Waals surface area (Å²) in [5.74, 6) is 0. The largest absolute Gasteiger partial charge is 0.375 e. The molecule has 4 nitrogen and oxygen atoms in total. The highest BCUT2D eigenvalue weighted by atomic mass is 32.2. The van der Waals surface area contributed by atoms with Crippen LogP contribution in [0.25, 0.3) is 0 Å². The molecule has 5 heteroatoms. The molecule has 0 aliphatic carbocycles. The number of hydrogen-bond donors (Lipinski definition) is 0. The van der Waals surface area contributed by atoms with Gasteiger partial charge in [-0.2, -0.15) is 8.42 Å². The lowest BCUT2D eigenvalue weighted by Gasteiger charge is -2.30. The Labute approximate surface area is 79.3 Å². The third-order valence-electron chi connectivity index (χ3n) is 1.97. The summed E-state index contributed by atoms with van der Waals surface area (Å²) in [5, 5.41) is 0. The molecule has 0 spiro atoms. The summed E-state index contributed by atoms with van der Waals surface area (Å²) in [6.07, 6.45) is 2.33. The molecule has 1 saturated heterocycles. The van der Waals surface area contributed by atoms with Gasteiger partial charge in [-0.05, 0) is 13.8 Å². The van der Waals surface area contributed by atoms with Gasteiger partial charge in [0, 0.05) is 12.8 Å². The molecule has 3 atom stereocenters. The molecule has 0 aromatic rings. The monoisotopic (exact) mass is 208 g/mol. The first kappa shape index (κ1) is 10.9. The zero-order valence-corrected chi connectivity index (χ0v) is 9.00. The van der Waals surface area contributed by atoms with Crippen LogP contribution in [0.5, 0.6) is 0 Å². The summed E-state index contributed by atoms with van der Waals surface area (Å²) >= 11 is 0. The smallest absolute Gasteiger partial charge is 0.264 e. The quantitative estimate of drug-likeness (QED) is 0.633. The first-order valence-electron chi connectivity index (χ1n) is 4.40. The van der Waals surface area contributed by atoms with E-state index >= 15 is 0 Å². The van der Waals surface area contributed by atoms with Gasteiger partial charge in [0.05, 0.1) is 24.6 Å². The molecule has 1 heterocycles. The Bertz CT molecular complexity index is 249. The van der Waals surface area contributed by atoms with E-state index < -0.39 is 10.1 Å². The SMILES string of the molecule is C[C@@H]1CC(OS(C)(=O)=O)C[C@H](C)O1. The van der Waals surface area contributed by atoms with Crippen molar-refractivity contribution in [3.63, 3.8) is 0 Å². The van der Waals surface area contributed by atoms with Gasteiger partial charge in [0.2, 0.25) is 0 Å². The fourth-order valence-electron chi connectivity index (χ4n) is 1.67. The van der Waals surface area contributed by atoms with Gasteiger partial charge in [0.1, 0.15) is 0 Å². The van der Waals surface area contributed by atoms with Gasteiger partial charge >= 0.3 is 0 Å². The maximum atomic E-state index is 10.8. The van der Waals surface area contributed by atoms with E-state index in [0.717, 1.165) is 6.26 Å². The van der Waals surface area contributed by atoms with Crippen LogP contribution in [-0.4, -0.2) is 33.0 Å². The molecule has 0 N–H and O–H groups in total. The van der Waals surface area contributed by atoms with Crippen LogP contribution in [0.15, 0.2) is 0 Å². The van der Waals surface area contributed by atoms with Gasteiger partial charge in [-0.3, -0.25) is 4.18 Å². The maximum Gasteiger partial charge on any atom is 0.264 e. The fraction of sp³-hybridized carbons (Fsp3) is 1.00. The van der Waals surface area contributed by atoms with Gasteiger partial charge < -0.3 is 4.74 Å². The standard InChI is InChI=1S/C8H16O4S/c1-6-4-8(5-7(2)11-6)12-13(3,9)10/h6-8H,4-5H2,1-3H3/t6-,7+,8?. The highest BCUT2D eigenvalue weighted by Gasteiger charge is 2.27. The van der Waals surface area contributed by atoms with E-state index in [4.69, 9.17) is 8.92 Å². The molecule has 0 saturated carbocycles. The Morgan fingerprint density at radius 3 is 2.08 bits per heavy atom. The van der Waals surface area contributed by atoms with Crippen molar-refractivity contribution < 1.29 is 17.3 Å². The van der Waals surface area contributed by atoms with Crippen molar-refractivity contribution >= 4 is 10.1 Å². The molecule has 0 amide bonds. The molecule has 0 bridgehead atoms. The third kappa shape index (κ3) is 4.06. The minimum absolute atomic E-state index is 0.0792. The second-order valence-corrected chi connectivity index (χ2v) is 5.25. The minimum Gasteiger partial charge on any atom is -0.375 e. The topological polar surface area (TPSA) is 52.6 Å². The third-order valence-corrected chi connectivity index (χ3v) is 2.59. The first-order valence-corrected chi connectivity index (χ1v) is 6.22. The van der Waals surface area contributed by atoms with Crippen LogP contribution in [0, 0.1) is 0 Å². The number of hydrogen-bond acceptors (Lipinski definition) is 4. The molecule has 1 aliphatic rings. The van der Waals surface area contributed by atoms with Gasteiger partial charge in [-0.15, -0.1) is 0 Å². The fourth-order valence-corrected chi connectivity index (χ4v) is 2.32. The second kappa shape index (κ2) is 3.94. The first-order chi connectivity index (χ1) is 5.87. The molecule has 1 fully saturated rings. The van der Waals surface area contributed by atoms with Crippen molar-refractivity contribution in [3.05, 3.63) is 0 Å². The summed E-state index contributed by atoms with van der Waals surface area (Å²) in [4.78, 5) is 0. The second-order valence-electron chi connectivity index (χ2n) is 3.65. The molecule has 0 radical (unpaired) electrons. The average molecular weight is 208 g/mol. The maximum absolute atomic E-state index is 10.8. The summed E-state index contributed by atoms with van der Waals surface area (Å²) in [6.45, 7) is 3.85. The van der Waals surface area contributed by atoms with Crippen molar-refractivity contribution in [2.24, 2.45) is 0 Å². The Morgan fingerprint density at radius 2 is 1.69 bits per heavy atom. The Hall–Kier alpha value is -0.130. The summed E-state index contributed by atoms with van der Waals surface area (Å²) in [6, 6.07) is 0. The molecule has 1 rings (SSSR count). The Balaban J connectivity index is 2.51. The summed E-state index contributed by atoms with van der Waals surface area (Å²) in [7, 11) is -3.33. The molecule has 0 aromatic heterocycles. The van der Waals surface area contributed by atoms with E-state index in [1.807, 2.05) is 13.8 Å². The van der Waals surface area contributed by atoms with Gasteiger partial charge in [-0.1, -0.05) is 0 Å². The number of ether oxygens (including phenoxy) is 1. The lowest BCUT2D eigenvalue weighted by Crippen LogP contribution is -2.35. The van der Waals surface area contributed by atoms with Crippen LogP contribution >= 0.6 is 0 Å². The molecule has 1 unspecified atom stereocenters. The molecule has 13 heavy (non-hydrogen) atoms. The molecular formula is C8H16O4S. The van der Waals surface area contributed by atoms with E-state index in [1.54, 1.807) is 0 Å². The van der Waals surface area contributed by atoms with Gasteiger partial charge in [-0.25, -0.2) is 0 Å². The van der Waals surface area contributed by atoms with Crippen molar-refractivity contribution in [2.75, 3.05) is 6.26 Å². The zero-order valence-electron chi connectivity index (χ0n) is 8.19. The normalized spacial score (nSPS) is 36.1. The van der Waals surface area contributed by atoms with Crippen LogP contribution in [0.2, 0.25) is 0 Å². The van der Waals surface area contributed by atoms with E-state index in [2.05, 4.69) is 0 Å². The molecule has 1 aliphatic heterocycles. The number of rotatable bonds is 2. The lowest BCUT2D eigenvalue weighted by molar-refractivity contribution is -0.0704. The van der Waals surface area contributed by atoms with Crippen LogP contribution in [0.4, 0.5) is 0 Å². The van der Waals surface area contributed by atoms with Crippen molar-refractivity contribution in [1.82, 2.24) is 0 Å². The molecule has 78 valence electrons. The minimum atomic E-state index is -3.33. The zero-order chi connectivity index (χ0) is 10.1. The van der Waals surface area contributed by atoms with Crippen LogP contribution < -0.4 is 0 Å². The van der Waals surface area contributed by atoms with Gasteiger partial charge in [0.15, 0.2) is 0 Å². The highest BCUT2D eigenvalue weighted by Crippen LogP contribution is 2.22. The van der Waals surface area contributed by atoms with Crippen molar-refractivity contribution in [2.45, 2.75) is 45.0 Å². The highest BCUT2D eigenvalue weighted by molar-refractivity contribution is 7.86. The molecular weight excluding hydrogens is 192 g/mol. The summed E-state index contributed by atoms with van der Waals surface area (Å²) in [5.41, 5.74) is 0. The van der Waals surface area contributed by atoms with Gasteiger partial charge in [0.25, 0.3) is 10.1 Å². The van der Waals surface area contributed by atoms with Crippen molar-refractivity contribution in [3.8, 4) is 0 Å².